The molecule has 2 heterocycles. The van der Waals surface area contributed by atoms with E-state index in [9.17, 15) is 0 Å². The predicted molar refractivity (Wildman–Crippen MR) is 97.2 cm³/mol. The maximum absolute atomic E-state index is 6.53. The SMILES string of the molecule is CCOc1cc(OC)c2ccc(OCCN3CCOCC3)c(Cl)c2n1. The zero-order valence-electron chi connectivity index (χ0n) is 14.6. The maximum Gasteiger partial charge on any atom is 0.217 e. The van der Waals surface area contributed by atoms with Gasteiger partial charge in [-0.25, -0.2) is 4.98 Å². The first kappa shape index (κ1) is 18.0. The van der Waals surface area contributed by atoms with E-state index in [1.54, 1.807) is 13.2 Å². The van der Waals surface area contributed by atoms with Crippen molar-refractivity contribution in [3.05, 3.63) is 23.2 Å². The molecular formula is C18H23ClN2O4. The first-order valence-corrected chi connectivity index (χ1v) is 8.83. The molecule has 1 saturated heterocycles. The van der Waals surface area contributed by atoms with Gasteiger partial charge in [-0.3, -0.25) is 4.90 Å². The second-order valence-electron chi connectivity index (χ2n) is 5.67. The lowest BCUT2D eigenvalue weighted by molar-refractivity contribution is 0.0322. The number of fused-ring (bicyclic) bond motifs is 1. The van der Waals surface area contributed by atoms with Crippen LogP contribution in [-0.4, -0.2) is 63.1 Å². The maximum atomic E-state index is 6.53. The van der Waals surface area contributed by atoms with Gasteiger partial charge in [-0.15, -0.1) is 0 Å². The molecule has 0 spiro atoms. The van der Waals surface area contributed by atoms with Gasteiger partial charge >= 0.3 is 0 Å². The van der Waals surface area contributed by atoms with Gasteiger partial charge in [-0.1, -0.05) is 11.6 Å². The van der Waals surface area contributed by atoms with Crippen molar-refractivity contribution in [2.24, 2.45) is 0 Å². The topological polar surface area (TPSA) is 53.0 Å². The highest BCUT2D eigenvalue weighted by Crippen LogP contribution is 2.37. The monoisotopic (exact) mass is 366 g/mol. The number of methoxy groups -OCH3 is 1. The second kappa shape index (κ2) is 8.56. The Morgan fingerprint density at radius 2 is 2.00 bits per heavy atom. The van der Waals surface area contributed by atoms with E-state index in [1.165, 1.54) is 0 Å². The highest BCUT2D eigenvalue weighted by Gasteiger charge is 2.15. The number of pyridine rings is 1. The summed E-state index contributed by atoms with van der Waals surface area (Å²) in [6.07, 6.45) is 0. The third-order valence-electron chi connectivity index (χ3n) is 4.10. The number of hydrogen-bond donors (Lipinski definition) is 0. The third kappa shape index (κ3) is 4.26. The molecule has 25 heavy (non-hydrogen) atoms. The van der Waals surface area contributed by atoms with E-state index in [-0.39, 0.29) is 0 Å². The van der Waals surface area contributed by atoms with Crippen molar-refractivity contribution in [3.8, 4) is 17.4 Å². The second-order valence-corrected chi connectivity index (χ2v) is 6.05. The molecule has 1 aromatic carbocycles. The number of hydrogen-bond acceptors (Lipinski definition) is 6. The molecule has 136 valence electrons. The summed E-state index contributed by atoms with van der Waals surface area (Å²) in [7, 11) is 1.62. The van der Waals surface area contributed by atoms with Gasteiger partial charge < -0.3 is 18.9 Å². The van der Waals surface area contributed by atoms with Crippen LogP contribution in [0.1, 0.15) is 6.92 Å². The fourth-order valence-electron chi connectivity index (χ4n) is 2.80. The normalized spacial score (nSPS) is 15.3. The standard InChI is InChI=1S/C18H23ClN2O4/c1-3-24-16-12-15(22-2)13-4-5-14(17(19)18(13)20-16)25-11-8-21-6-9-23-10-7-21/h4-5,12H,3,6-11H2,1-2H3. The quantitative estimate of drug-likeness (QED) is 0.750. The first-order chi connectivity index (χ1) is 12.2. The highest BCUT2D eigenvalue weighted by molar-refractivity contribution is 6.36. The number of rotatable bonds is 7. The molecule has 0 radical (unpaired) electrons. The van der Waals surface area contributed by atoms with Crippen LogP contribution in [0.2, 0.25) is 5.02 Å². The van der Waals surface area contributed by atoms with Crippen molar-refractivity contribution in [1.82, 2.24) is 9.88 Å². The molecule has 2 aromatic rings. The van der Waals surface area contributed by atoms with Gasteiger partial charge in [0, 0.05) is 31.1 Å². The Morgan fingerprint density at radius 3 is 2.72 bits per heavy atom. The average Bonchev–Trinajstić information content (AvgIpc) is 2.64. The van der Waals surface area contributed by atoms with Gasteiger partial charge in [-0.05, 0) is 19.1 Å². The van der Waals surface area contributed by atoms with Gasteiger partial charge in [0.2, 0.25) is 5.88 Å². The van der Waals surface area contributed by atoms with Crippen molar-refractivity contribution < 1.29 is 18.9 Å². The van der Waals surface area contributed by atoms with Crippen LogP contribution in [0.4, 0.5) is 0 Å². The Hall–Kier alpha value is -1.76. The molecule has 0 bridgehead atoms. The molecule has 0 N–H and O–H groups in total. The first-order valence-electron chi connectivity index (χ1n) is 8.46. The number of morpholine rings is 1. The summed E-state index contributed by atoms with van der Waals surface area (Å²) in [5.74, 6) is 1.78. The molecule has 0 amide bonds. The van der Waals surface area contributed by atoms with Crippen molar-refractivity contribution in [2.75, 3.05) is 53.2 Å². The lowest BCUT2D eigenvalue weighted by Gasteiger charge is -2.26. The summed E-state index contributed by atoms with van der Waals surface area (Å²) >= 11 is 6.53. The van der Waals surface area contributed by atoms with E-state index in [1.807, 2.05) is 19.1 Å². The Morgan fingerprint density at radius 1 is 1.20 bits per heavy atom. The summed E-state index contributed by atoms with van der Waals surface area (Å²) in [4.78, 5) is 6.80. The van der Waals surface area contributed by atoms with Crippen LogP contribution in [0.5, 0.6) is 17.4 Å². The van der Waals surface area contributed by atoms with Crippen LogP contribution in [-0.2, 0) is 4.74 Å². The molecule has 3 rings (SSSR count). The Bertz CT molecular complexity index is 720. The van der Waals surface area contributed by atoms with Crippen LogP contribution in [0.3, 0.4) is 0 Å². The van der Waals surface area contributed by atoms with Crippen LogP contribution in [0.15, 0.2) is 18.2 Å². The largest absolute Gasteiger partial charge is 0.496 e. The summed E-state index contributed by atoms with van der Waals surface area (Å²) in [5.41, 5.74) is 0.619. The van der Waals surface area contributed by atoms with E-state index in [4.69, 9.17) is 30.5 Å². The van der Waals surface area contributed by atoms with E-state index in [0.29, 0.717) is 41.1 Å². The van der Waals surface area contributed by atoms with Gasteiger partial charge in [0.25, 0.3) is 0 Å². The average molecular weight is 367 g/mol. The third-order valence-corrected chi connectivity index (χ3v) is 4.47. The molecule has 7 heteroatoms. The van der Waals surface area contributed by atoms with Gasteiger partial charge in [0.05, 0.1) is 26.9 Å². The van der Waals surface area contributed by atoms with E-state index < -0.39 is 0 Å². The number of halogens is 1. The number of aromatic nitrogens is 1. The number of nitrogens with zero attached hydrogens (tertiary/aromatic N) is 2. The Balaban J connectivity index is 1.77. The molecule has 1 fully saturated rings. The number of ether oxygens (including phenoxy) is 4. The minimum Gasteiger partial charge on any atom is -0.496 e. The number of benzene rings is 1. The van der Waals surface area contributed by atoms with E-state index in [0.717, 1.165) is 38.2 Å². The summed E-state index contributed by atoms with van der Waals surface area (Å²) in [6.45, 7) is 7.26. The highest BCUT2D eigenvalue weighted by atomic mass is 35.5. The van der Waals surface area contributed by atoms with Crippen molar-refractivity contribution in [2.45, 2.75) is 6.92 Å². The minimum atomic E-state index is 0.472. The molecule has 1 aliphatic rings. The van der Waals surface area contributed by atoms with E-state index in [2.05, 4.69) is 9.88 Å². The fourth-order valence-corrected chi connectivity index (χ4v) is 3.06. The lowest BCUT2D eigenvalue weighted by atomic mass is 10.2. The Kier molecular flexibility index (Phi) is 6.18. The zero-order valence-corrected chi connectivity index (χ0v) is 15.3. The lowest BCUT2D eigenvalue weighted by Crippen LogP contribution is -2.38. The van der Waals surface area contributed by atoms with Gasteiger partial charge in [-0.2, -0.15) is 0 Å². The van der Waals surface area contributed by atoms with Crippen molar-refractivity contribution >= 4 is 22.5 Å². The molecule has 0 atom stereocenters. The minimum absolute atomic E-state index is 0.472. The summed E-state index contributed by atoms with van der Waals surface area (Å²) < 4.78 is 22.2. The smallest absolute Gasteiger partial charge is 0.217 e. The summed E-state index contributed by atoms with van der Waals surface area (Å²) in [5, 5.41) is 1.30. The molecular weight excluding hydrogens is 344 g/mol. The van der Waals surface area contributed by atoms with Gasteiger partial charge in [0.1, 0.15) is 28.6 Å². The van der Waals surface area contributed by atoms with Crippen molar-refractivity contribution in [3.63, 3.8) is 0 Å². The van der Waals surface area contributed by atoms with Crippen molar-refractivity contribution in [1.29, 1.82) is 0 Å². The molecule has 6 nitrogen and oxygen atoms in total. The molecule has 1 aromatic heterocycles. The van der Waals surface area contributed by atoms with Crippen LogP contribution < -0.4 is 14.2 Å². The van der Waals surface area contributed by atoms with Crippen LogP contribution in [0, 0.1) is 0 Å². The molecule has 0 saturated carbocycles. The molecule has 0 aliphatic carbocycles. The molecule has 1 aliphatic heterocycles. The van der Waals surface area contributed by atoms with Crippen LogP contribution in [0.25, 0.3) is 10.9 Å². The predicted octanol–water partition coefficient (Wildman–Crippen LogP) is 3.01. The zero-order chi connectivity index (χ0) is 17.6. The molecule has 0 unspecified atom stereocenters. The van der Waals surface area contributed by atoms with E-state index >= 15 is 0 Å². The summed E-state index contributed by atoms with van der Waals surface area (Å²) in [6, 6.07) is 5.53. The fraction of sp³-hybridized carbons (Fsp3) is 0.500. The Labute approximate surface area is 152 Å². The van der Waals surface area contributed by atoms with Crippen LogP contribution >= 0.6 is 11.6 Å². The van der Waals surface area contributed by atoms with Gasteiger partial charge in [0.15, 0.2) is 0 Å².